The summed E-state index contributed by atoms with van der Waals surface area (Å²) in [4.78, 5) is 0. The van der Waals surface area contributed by atoms with Crippen LogP contribution in [-0.4, -0.2) is 19.8 Å². The van der Waals surface area contributed by atoms with Crippen molar-refractivity contribution in [3.05, 3.63) is 23.8 Å². The molecule has 0 aliphatic carbocycles. The molecule has 18 heavy (non-hydrogen) atoms. The van der Waals surface area contributed by atoms with Crippen LogP contribution in [0.3, 0.4) is 0 Å². The van der Waals surface area contributed by atoms with Gasteiger partial charge < -0.3 is 15.8 Å². The molecule has 102 valence electrons. The lowest BCUT2D eigenvalue weighted by Gasteiger charge is -2.15. The Kier molecular flexibility index (Phi) is 5.27. The highest BCUT2D eigenvalue weighted by Gasteiger charge is 2.33. The Balaban J connectivity index is 2.65. The van der Waals surface area contributed by atoms with Crippen LogP contribution in [0.4, 0.5) is 24.5 Å². The van der Waals surface area contributed by atoms with Crippen molar-refractivity contribution in [1.82, 2.24) is 0 Å². The fourth-order valence-corrected chi connectivity index (χ4v) is 1.49. The molecular weight excluding hydrogens is 245 g/mol. The molecule has 0 aliphatic heterocycles. The Morgan fingerprint density at radius 1 is 1.33 bits per heavy atom. The Hall–Kier alpha value is -1.43. The molecule has 0 saturated heterocycles. The van der Waals surface area contributed by atoms with Crippen molar-refractivity contribution in [3.8, 4) is 0 Å². The van der Waals surface area contributed by atoms with E-state index in [1.54, 1.807) is 0 Å². The number of ether oxygens (including phenoxy) is 1. The first-order chi connectivity index (χ1) is 8.45. The second kappa shape index (κ2) is 6.49. The van der Waals surface area contributed by atoms with Crippen LogP contribution in [-0.2, 0) is 10.9 Å². The van der Waals surface area contributed by atoms with E-state index in [1.807, 2.05) is 6.92 Å². The molecule has 1 aromatic carbocycles. The van der Waals surface area contributed by atoms with Gasteiger partial charge in [-0.3, -0.25) is 0 Å². The van der Waals surface area contributed by atoms with E-state index in [-0.39, 0.29) is 11.4 Å². The van der Waals surface area contributed by atoms with Gasteiger partial charge >= 0.3 is 6.18 Å². The molecule has 0 heterocycles. The summed E-state index contributed by atoms with van der Waals surface area (Å²) < 4.78 is 43.3. The molecule has 1 rings (SSSR count). The molecule has 0 spiro atoms. The summed E-state index contributed by atoms with van der Waals surface area (Å²) in [7, 11) is 0. The van der Waals surface area contributed by atoms with E-state index in [1.165, 1.54) is 12.1 Å². The van der Waals surface area contributed by atoms with Gasteiger partial charge in [0.05, 0.1) is 5.56 Å². The molecular formula is C12H17F3N2O. The first kappa shape index (κ1) is 14.6. The molecule has 0 aliphatic rings. The van der Waals surface area contributed by atoms with Gasteiger partial charge in [-0.15, -0.1) is 0 Å². The first-order valence-corrected chi connectivity index (χ1v) is 5.73. The molecule has 0 unspecified atom stereocenters. The van der Waals surface area contributed by atoms with E-state index >= 15 is 0 Å². The molecule has 0 amide bonds. The van der Waals surface area contributed by atoms with Gasteiger partial charge in [-0.1, -0.05) is 0 Å². The summed E-state index contributed by atoms with van der Waals surface area (Å²) in [6.45, 7) is 3.43. The Morgan fingerprint density at radius 3 is 2.67 bits per heavy atom. The third kappa shape index (κ3) is 4.44. The lowest BCUT2D eigenvalue weighted by Crippen LogP contribution is -2.13. The van der Waals surface area contributed by atoms with Crippen LogP contribution >= 0.6 is 0 Å². The number of alkyl halides is 3. The fourth-order valence-electron chi connectivity index (χ4n) is 1.49. The van der Waals surface area contributed by atoms with Crippen molar-refractivity contribution in [2.45, 2.75) is 19.5 Å². The van der Waals surface area contributed by atoms with Gasteiger partial charge in [0.1, 0.15) is 0 Å². The van der Waals surface area contributed by atoms with Crippen molar-refractivity contribution in [1.29, 1.82) is 0 Å². The topological polar surface area (TPSA) is 47.3 Å². The largest absolute Gasteiger partial charge is 0.418 e. The summed E-state index contributed by atoms with van der Waals surface area (Å²) in [5.74, 6) is 0. The zero-order valence-electron chi connectivity index (χ0n) is 10.2. The molecule has 0 atom stereocenters. The fraction of sp³-hybridized carbons (Fsp3) is 0.500. The van der Waals surface area contributed by atoms with Crippen LogP contribution in [0.25, 0.3) is 0 Å². The number of hydrogen-bond acceptors (Lipinski definition) is 3. The molecule has 0 bridgehead atoms. The lowest BCUT2D eigenvalue weighted by atomic mass is 10.1. The first-order valence-electron chi connectivity index (χ1n) is 5.73. The normalized spacial score (nSPS) is 11.6. The van der Waals surface area contributed by atoms with Crippen molar-refractivity contribution < 1.29 is 17.9 Å². The van der Waals surface area contributed by atoms with Crippen molar-refractivity contribution >= 4 is 11.4 Å². The zero-order chi connectivity index (χ0) is 13.6. The maximum Gasteiger partial charge on any atom is 0.418 e. The highest BCUT2D eigenvalue weighted by molar-refractivity contribution is 5.59. The molecule has 0 saturated carbocycles. The minimum Gasteiger partial charge on any atom is -0.399 e. The van der Waals surface area contributed by atoms with E-state index in [0.717, 1.165) is 6.07 Å². The summed E-state index contributed by atoms with van der Waals surface area (Å²) in [6, 6.07) is 3.73. The summed E-state index contributed by atoms with van der Waals surface area (Å²) in [5, 5.41) is 2.75. The van der Waals surface area contributed by atoms with Gasteiger partial charge in [-0.2, -0.15) is 13.2 Å². The van der Waals surface area contributed by atoms with Gasteiger partial charge in [0, 0.05) is 31.1 Å². The maximum absolute atomic E-state index is 12.7. The number of nitrogens with two attached hydrogens (primary N) is 1. The number of rotatable bonds is 6. The lowest BCUT2D eigenvalue weighted by molar-refractivity contribution is -0.136. The second-order valence-corrected chi connectivity index (χ2v) is 3.78. The molecule has 1 aromatic rings. The minimum absolute atomic E-state index is 0.0493. The molecule has 0 aromatic heterocycles. The predicted molar refractivity (Wildman–Crippen MR) is 65.5 cm³/mol. The number of benzene rings is 1. The predicted octanol–water partition coefficient (Wildman–Crippen LogP) is 3.13. The van der Waals surface area contributed by atoms with Crippen LogP contribution in [0.15, 0.2) is 18.2 Å². The summed E-state index contributed by atoms with van der Waals surface area (Å²) in [5.41, 5.74) is 4.78. The van der Waals surface area contributed by atoms with Gasteiger partial charge in [-0.25, -0.2) is 0 Å². The quantitative estimate of drug-likeness (QED) is 0.611. The second-order valence-electron chi connectivity index (χ2n) is 3.78. The number of hydrogen-bond donors (Lipinski definition) is 2. The number of nitrogen functional groups attached to an aromatic ring is 1. The van der Waals surface area contributed by atoms with Gasteiger partial charge in [0.15, 0.2) is 0 Å². The van der Waals surface area contributed by atoms with Crippen molar-refractivity contribution in [3.63, 3.8) is 0 Å². The molecule has 0 radical (unpaired) electrons. The van der Waals surface area contributed by atoms with Gasteiger partial charge in [-0.05, 0) is 31.5 Å². The third-order valence-electron chi connectivity index (χ3n) is 2.33. The van der Waals surface area contributed by atoms with Crippen LogP contribution in [0.5, 0.6) is 0 Å². The van der Waals surface area contributed by atoms with Crippen LogP contribution in [0.2, 0.25) is 0 Å². The Bertz CT molecular complexity index is 380. The minimum atomic E-state index is -4.41. The zero-order valence-corrected chi connectivity index (χ0v) is 10.2. The third-order valence-corrected chi connectivity index (χ3v) is 2.33. The average molecular weight is 262 g/mol. The number of nitrogens with one attached hydrogen (secondary N) is 1. The van der Waals surface area contributed by atoms with E-state index in [9.17, 15) is 13.2 Å². The summed E-state index contributed by atoms with van der Waals surface area (Å²) >= 11 is 0. The van der Waals surface area contributed by atoms with Gasteiger partial charge in [0.25, 0.3) is 0 Å². The van der Waals surface area contributed by atoms with Crippen LogP contribution < -0.4 is 11.1 Å². The Morgan fingerprint density at radius 2 is 2.06 bits per heavy atom. The van der Waals surface area contributed by atoms with Gasteiger partial charge in [0.2, 0.25) is 0 Å². The SMILES string of the molecule is CCOCCCNc1ccc(N)cc1C(F)(F)F. The van der Waals surface area contributed by atoms with E-state index in [2.05, 4.69) is 5.32 Å². The van der Waals surface area contributed by atoms with E-state index < -0.39 is 11.7 Å². The van der Waals surface area contributed by atoms with Crippen molar-refractivity contribution in [2.75, 3.05) is 30.8 Å². The monoisotopic (exact) mass is 262 g/mol. The molecule has 0 fully saturated rings. The molecule has 3 nitrogen and oxygen atoms in total. The maximum atomic E-state index is 12.7. The number of anilines is 2. The molecule has 6 heteroatoms. The Labute approximate surface area is 104 Å². The van der Waals surface area contributed by atoms with E-state index in [0.29, 0.717) is 26.2 Å². The highest BCUT2D eigenvalue weighted by Crippen LogP contribution is 2.35. The highest BCUT2D eigenvalue weighted by atomic mass is 19.4. The average Bonchev–Trinajstić information content (AvgIpc) is 2.29. The molecule has 3 N–H and O–H groups in total. The summed E-state index contributed by atoms with van der Waals surface area (Å²) in [6.07, 6.45) is -3.76. The van der Waals surface area contributed by atoms with Crippen molar-refractivity contribution in [2.24, 2.45) is 0 Å². The standard InChI is InChI=1S/C12H17F3N2O/c1-2-18-7-3-6-17-11-5-4-9(16)8-10(11)12(13,14)15/h4-5,8,17H,2-3,6-7,16H2,1H3. The van der Waals surface area contributed by atoms with E-state index in [4.69, 9.17) is 10.5 Å². The number of halogens is 3. The van der Waals surface area contributed by atoms with Crippen LogP contribution in [0.1, 0.15) is 18.9 Å². The van der Waals surface area contributed by atoms with Crippen LogP contribution in [0, 0.1) is 0 Å². The smallest absolute Gasteiger partial charge is 0.399 e.